The van der Waals surface area contributed by atoms with Crippen LogP contribution in [0.4, 0.5) is 0 Å². The molecule has 0 spiro atoms. The van der Waals surface area contributed by atoms with Gasteiger partial charge in [-0.25, -0.2) is 0 Å². The Hall–Kier alpha value is -1.26. The standard InChI is InChI=1S/C15H21N3S/c1-10-6-11(2)8-14(7-10)9-18(5)12(3)15-17-16-13(4)19-15/h6-8,12H,9H2,1-5H3/t12-/m1/s1. The molecule has 1 heterocycles. The molecule has 3 nitrogen and oxygen atoms in total. The first kappa shape index (κ1) is 14.2. The van der Waals surface area contributed by atoms with Gasteiger partial charge in [-0.2, -0.15) is 0 Å². The topological polar surface area (TPSA) is 29.0 Å². The maximum Gasteiger partial charge on any atom is 0.134 e. The van der Waals surface area contributed by atoms with Gasteiger partial charge in [0, 0.05) is 6.54 Å². The third-order valence-corrected chi connectivity index (χ3v) is 4.28. The molecule has 0 saturated heterocycles. The van der Waals surface area contributed by atoms with Crippen molar-refractivity contribution in [2.75, 3.05) is 7.05 Å². The zero-order valence-electron chi connectivity index (χ0n) is 12.3. The van der Waals surface area contributed by atoms with Gasteiger partial charge in [0.1, 0.15) is 10.0 Å². The number of nitrogens with zero attached hydrogens (tertiary/aromatic N) is 3. The smallest absolute Gasteiger partial charge is 0.134 e. The van der Waals surface area contributed by atoms with Crippen LogP contribution >= 0.6 is 11.3 Å². The van der Waals surface area contributed by atoms with Crippen molar-refractivity contribution in [1.29, 1.82) is 0 Å². The molecule has 2 rings (SSSR count). The normalized spacial score (nSPS) is 12.9. The van der Waals surface area contributed by atoms with Gasteiger partial charge in [-0.05, 0) is 40.3 Å². The number of aromatic nitrogens is 2. The zero-order chi connectivity index (χ0) is 14.0. The molecule has 2 aromatic rings. The van der Waals surface area contributed by atoms with E-state index in [-0.39, 0.29) is 0 Å². The molecule has 0 radical (unpaired) electrons. The molecule has 0 saturated carbocycles. The largest absolute Gasteiger partial charge is 0.293 e. The molecule has 0 N–H and O–H groups in total. The van der Waals surface area contributed by atoms with Gasteiger partial charge in [-0.3, -0.25) is 4.90 Å². The minimum atomic E-state index is 0.298. The van der Waals surface area contributed by atoms with Crippen LogP contribution in [0, 0.1) is 20.8 Å². The van der Waals surface area contributed by atoms with E-state index < -0.39 is 0 Å². The van der Waals surface area contributed by atoms with Crippen LogP contribution in [0.5, 0.6) is 0 Å². The average molecular weight is 275 g/mol. The van der Waals surface area contributed by atoms with Crippen molar-refractivity contribution in [3.05, 3.63) is 44.9 Å². The molecule has 0 unspecified atom stereocenters. The molecule has 0 fully saturated rings. The molecule has 0 aliphatic rings. The van der Waals surface area contributed by atoms with Gasteiger partial charge in [0.15, 0.2) is 0 Å². The predicted octanol–water partition coefficient (Wildman–Crippen LogP) is 3.66. The summed E-state index contributed by atoms with van der Waals surface area (Å²) in [5.41, 5.74) is 4.00. The van der Waals surface area contributed by atoms with Crippen LogP contribution in [-0.2, 0) is 6.54 Å². The molecule has 19 heavy (non-hydrogen) atoms. The van der Waals surface area contributed by atoms with Crippen molar-refractivity contribution in [2.24, 2.45) is 0 Å². The van der Waals surface area contributed by atoms with E-state index in [0.717, 1.165) is 16.6 Å². The lowest BCUT2D eigenvalue weighted by molar-refractivity contribution is 0.251. The first-order chi connectivity index (χ1) is 8.95. The lowest BCUT2D eigenvalue weighted by atomic mass is 10.1. The van der Waals surface area contributed by atoms with Gasteiger partial charge in [0.05, 0.1) is 6.04 Å². The van der Waals surface area contributed by atoms with Crippen LogP contribution in [-0.4, -0.2) is 22.1 Å². The number of hydrogen-bond acceptors (Lipinski definition) is 4. The average Bonchev–Trinajstić information content (AvgIpc) is 2.73. The van der Waals surface area contributed by atoms with Crippen LogP contribution < -0.4 is 0 Å². The third-order valence-electron chi connectivity index (χ3n) is 3.27. The summed E-state index contributed by atoms with van der Waals surface area (Å²) < 4.78 is 0. The molecule has 0 amide bonds. The second kappa shape index (κ2) is 5.80. The second-order valence-electron chi connectivity index (χ2n) is 5.25. The Morgan fingerprint density at radius 1 is 1.11 bits per heavy atom. The summed E-state index contributed by atoms with van der Waals surface area (Å²) >= 11 is 1.68. The summed E-state index contributed by atoms with van der Waals surface area (Å²) in [6, 6.07) is 7.01. The third kappa shape index (κ3) is 3.61. The molecular formula is C15H21N3S. The molecule has 102 valence electrons. The van der Waals surface area contributed by atoms with Crippen LogP contribution in [0.3, 0.4) is 0 Å². The summed E-state index contributed by atoms with van der Waals surface area (Å²) in [6.07, 6.45) is 0. The summed E-state index contributed by atoms with van der Waals surface area (Å²) in [6.45, 7) is 9.41. The lowest BCUT2D eigenvalue weighted by Crippen LogP contribution is -2.22. The fourth-order valence-corrected chi connectivity index (χ4v) is 3.07. The number of benzene rings is 1. The minimum absolute atomic E-state index is 0.298. The van der Waals surface area contributed by atoms with Gasteiger partial charge in [0.2, 0.25) is 0 Å². The highest BCUT2D eigenvalue weighted by Gasteiger charge is 2.16. The predicted molar refractivity (Wildman–Crippen MR) is 80.4 cm³/mol. The van der Waals surface area contributed by atoms with Crippen molar-refractivity contribution >= 4 is 11.3 Å². The van der Waals surface area contributed by atoms with Crippen molar-refractivity contribution < 1.29 is 0 Å². The Kier molecular flexibility index (Phi) is 4.32. The Balaban J connectivity index is 2.10. The SMILES string of the molecule is Cc1cc(C)cc(CN(C)[C@H](C)c2nnc(C)s2)c1. The fourth-order valence-electron chi connectivity index (χ4n) is 2.25. The van der Waals surface area contributed by atoms with E-state index in [1.54, 1.807) is 11.3 Å². The molecular weight excluding hydrogens is 254 g/mol. The van der Waals surface area contributed by atoms with Crippen LogP contribution in [0.1, 0.15) is 39.7 Å². The van der Waals surface area contributed by atoms with Crippen LogP contribution in [0.2, 0.25) is 0 Å². The second-order valence-corrected chi connectivity index (χ2v) is 6.46. The van der Waals surface area contributed by atoms with Gasteiger partial charge in [-0.1, -0.05) is 29.3 Å². The number of aryl methyl sites for hydroxylation is 3. The maximum absolute atomic E-state index is 4.24. The van der Waals surface area contributed by atoms with Gasteiger partial charge >= 0.3 is 0 Å². The zero-order valence-corrected chi connectivity index (χ0v) is 13.1. The van der Waals surface area contributed by atoms with E-state index >= 15 is 0 Å². The van der Waals surface area contributed by atoms with E-state index in [2.05, 4.69) is 61.1 Å². The monoisotopic (exact) mass is 275 g/mol. The van der Waals surface area contributed by atoms with Gasteiger partial charge in [-0.15, -0.1) is 21.5 Å². The van der Waals surface area contributed by atoms with E-state index in [1.807, 2.05) is 6.92 Å². The van der Waals surface area contributed by atoms with Crippen molar-refractivity contribution in [2.45, 2.75) is 40.3 Å². The van der Waals surface area contributed by atoms with Crippen molar-refractivity contribution in [3.8, 4) is 0 Å². The van der Waals surface area contributed by atoms with Crippen LogP contribution in [0.15, 0.2) is 18.2 Å². The van der Waals surface area contributed by atoms with Crippen LogP contribution in [0.25, 0.3) is 0 Å². The summed E-state index contributed by atoms with van der Waals surface area (Å²) in [4.78, 5) is 2.31. The van der Waals surface area contributed by atoms with Gasteiger partial charge in [0.25, 0.3) is 0 Å². The highest BCUT2D eigenvalue weighted by atomic mass is 32.1. The summed E-state index contributed by atoms with van der Waals surface area (Å²) in [7, 11) is 2.14. The molecule has 4 heteroatoms. The Labute approximate surface area is 119 Å². The first-order valence-corrected chi connectivity index (χ1v) is 7.35. The molecule has 0 aliphatic carbocycles. The van der Waals surface area contributed by atoms with E-state index in [0.29, 0.717) is 6.04 Å². The van der Waals surface area contributed by atoms with E-state index in [4.69, 9.17) is 0 Å². The highest BCUT2D eigenvalue weighted by molar-refractivity contribution is 7.11. The van der Waals surface area contributed by atoms with E-state index in [9.17, 15) is 0 Å². The molecule has 0 bridgehead atoms. The Morgan fingerprint density at radius 3 is 2.26 bits per heavy atom. The Bertz CT molecular complexity index is 542. The summed E-state index contributed by atoms with van der Waals surface area (Å²) in [5.74, 6) is 0. The maximum atomic E-state index is 4.24. The molecule has 1 aromatic carbocycles. The van der Waals surface area contributed by atoms with Crippen molar-refractivity contribution in [1.82, 2.24) is 15.1 Å². The minimum Gasteiger partial charge on any atom is -0.293 e. The first-order valence-electron chi connectivity index (χ1n) is 6.53. The number of hydrogen-bond donors (Lipinski definition) is 0. The van der Waals surface area contributed by atoms with Crippen molar-refractivity contribution in [3.63, 3.8) is 0 Å². The lowest BCUT2D eigenvalue weighted by Gasteiger charge is -2.23. The van der Waals surface area contributed by atoms with Gasteiger partial charge < -0.3 is 0 Å². The Morgan fingerprint density at radius 2 is 1.74 bits per heavy atom. The quantitative estimate of drug-likeness (QED) is 0.852. The summed E-state index contributed by atoms with van der Waals surface area (Å²) in [5, 5.41) is 10.5. The molecule has 0 aliphatic heterocycles. The fraction of sp³-hybridized carbons (Fsp3) is 0.467. The highest BCUT2D eigenvalue weighted by Crippen LogP contribution is 2.23. The number of rotatable bonds is 4. The van der Waals surface area contributed by atoms with E-state index in [1.165, 1.54) is 16.7 Å². The molecule has 1 atom stereocenters. The molecule has 1 aromatic heterocycles.